The fraction of sp³-hybridized carbons (Fsp3) is 0.300. The van der Waals surface area contributed by atoms with E-state index in [4.69, 9.17) is 11.6 Å². The van der Waals surface area contributed by atoms with Crippen LogP contribution in [0.3, 0.4) is 0 Å². The van der Waals surface area contributed by atoms with Gasteiger partial charge in [0.15, 0.2) is 0 Å². The monoisotopic (exact) mass is 437 g/mol. The number of carbonyl (C=O) groups excluding carboxylic acids is 1. The molecule has 1 amide bonds. The number of amides is 1. The zero-order valence-electron chi connectivity index (χ0n) is 16.0. The highest BCUT2D eigenvalue weighted by molar-refractivity contribution is 7.92. The quantitative estimate of drug-likeness (QED) is 0.730. The molecule has 9 heteroatoms. The van der Waals surface area contributed by atoms with Gasteiger partial charge in [-0.25, -0.2) is 17.8 Å². The smallest absolute Gasteiger partial charge is 0.242 e. The van der Waals surface area contributed by atoms with Gasteiger partial charge in [-0.15, -0.1) is 0 Å². The third-order valence-corrected chi connectivity index (χ3v) is 6.26. The Hall–Kier alpha value is -2.45. The average Bonchev–Trinajstić information content (AvgIpc) is 3.15. The third-order valence-electron chi connectivity index (χ3n) is 4.67. The molecule has 0 spiro atoms. The van der Waals surface area contributed by atoms with E-state index >= 15 is 0 Å². The molecule has 0 radical (unpaired) electrons. The molecule has 154 valence electrons. The molecule has 3 rings (SSSR count). The van der Waals surface area contributed by atoms with Crippen LogP contribution < -0.4 is 4.72 Å². The number of nitrogens with one attached hydrogen (secondary N) is 1. The maximum atomic E-state index is 13.5. The summed E-state index contributed by atoms with van der Waals surface area (Å²) < 4.78 is 39.4. The van der Waals surface area contributed by atoms with Gasteiger partial charge in [-0.05, 0) is 42.3 Å². The molecule has 0 saturated heterocycles. The highest BCUT2D eigenvalue weighted by Gasteiger charge is 2.32. The van der Waals surface area contributed by atoms with Crippen molar-refractivity contribution >= 4 is 38.9 Å². The predicted octanol–water partition coefficient (Wildman–Crippen LogP) is 4.33. The lowest BCUT2D eigenvalue weighted by Crippen LogP contribution is -2.26. The summed E-state index contributed by atoms with van der Waals surface area (Å²) in [6, 6.07) is 10.8. The second-order valence-corrected chi connectivity index (χ2v) is 9.03. The van der Waals surface area contributed by atoms with Gasteiger partial charge in [-0.1, -0.05) is 36.7 Å². The molecule has 29 heavy (non-hydrogen) atoms. The molecular weight excluding hydrogens is 417 g/mol. The number of sulfonamides is 1. The molecule has 1 aliphatic heterocycles. The molecule has 0 aromatic heterocycles. The Morgan fingerprint density at radius 2 is 1.93 bits per heavy atom. The van der Waals surface area contributed by atoms with Crippen LogP contribution >= 0.6 is 11.6 Å². The van der Waals surface area contributed by atoms with E-state index in [2.05, 4.69) is 9.82 Å². The minimum absolute atomic E-state index is 0.00703. The minimum Gasteiger partial charge on any atom is -0.284 e. The van der Waals surface area contributed by atoms with E-state index in [1.54, 1.807) is 44.2 Å². The van der Waals surface area contributed by atoms with E-state index in [0.717, 1.165) is 5.56 Å². The number of rotatable bonds is 6. The number of carbonyl (C=O) groups is 1. The molecule has 0 fully saturated rings. The van der Waals surface area contributed by atoms with Crippen LogP contribution in [0.5, 0.6) is 0 Å². The summed E-state index contributed by atoms with van der Waals surface area (Å²) in [7, 11) is -3.36. The lowest BCUT2D eigenvalue weighted by atomic mass is 9.98. The number of hydrazone groups is 1. The maximum Gasteiger partial charge on any atom is 0.242 e. The molecule has 2 aromatic rings. The number of hydrogen-bond acceptors (Lipinski definition) is 4. The van der Waals surface area contributed by atoms with Crippen molar-refractivity contribution in [3.05, 3.63) is 64.4 Å². The van der Waals surface area contributed by atoms with E-state index < -0.39 is 15.8 Å². The Morgan fingerprint density at radius 1 is 1.24 bits per heavy atom. The van der Waals surface area contributed by atoms with Crippen molar-refractivity contribution in [3.8, 4) is 0 Å². The zero-order valence-corrected chi connectivity index (χ0v) is 17.6. The molecule has 2 aromatic carbocycles. The van der Waals surface area contributed by atoms with Crippen molar-refractivity contribution in [3.63, 3.8) is 0 Å². The second kappa shape index (κ2) is 8.51. The third kappa shape index (κ3) is 4.76. The fourth-order valence-corrected chi connectivity index (χ4v) is 3.87. The molecule has 0 aliphatic carbocycles. The van der Waals surface area contributed by atoms with E-state index in [1.807, 2.05) is 0 Å². The van der Waals surface area contributed by atoms with E-state index in [-0.39, 0.29) is 29.1 Å². The van der Waals surface area contributed by atoms with E-state index in [1.165, 1.54) is 17.1 Å². The number of nitrogens with zero attached hydrogens (tertiary/aromatic N) is 2. The summed E-state index contributed by atoms with van der Waals surface area (Å²) in [5.74, 6) is -0.692. The summed E-state index contributed by atoms with van der Waals surface area (Å²) in [5.41, 5.74) is 2.61. The fourth-order valence-electron chi connectivity index (χ4n) is 3.04. The molecule has 6 nitrogen and oxygen atoms in total. The Labute approximate surface area is 174 Å². The SMILES string of the molecule is CCC(=O)N1N=C(c2ccc(NS(=O)(=O)CC)cc2)CC1c1ccc(F)c(Cl)c1. The Kier molecular flexibility index (Phi) is 6.24. The molecule has 1 N–H and O–H groups in total. The Bertz CT molecular complexity index is 1060. The summed E-state index contributed by atoms with van der Waals surface area (Å²) in [6.07, 6.45) is 0.716. The van der Waals surface area contributed by atoms with Crippen LogP contribution in [-0.4, -0.2) is 30.8 Å². The van der Waals surface area contributed by atoms with Gasteiger partial charge in [-0.3, -0.25) is 9.52 Å². The maximum absolute atomic E-state index is 13.5. The van der Waals surface area contributed by atoms with Crippen LogP contribution in [0.25, 0.3) is 0 Å². The number of halogens is 2. The van der Waals surface area contributed by atoms with Gasteiger partial charge < -0.3 is 0 Å². The van der Waals surface area contributed by atoms with Crippen LogP contribution in [0.4, 0.5) is 10.1 Å². The van der Waals surface area contributed by atoms with Crippen molar-refractivity contribution in [1.29, 1.82) is 0 Å². The highest BCUT2D eigenvalue weighted by atomic mass is 35.5. The number of anilines is 1. The van der Waals surface area contributed by atoms with Gasteiger partial charge in [-0.2, -0.15) is 5.10 Å². The first-order valence-corrected chi connectivity index (χ1v) is 11.2. The Balaban J connectivity index is 1.88. The summed E-state index contributed by atoms with van der Waals surface area (Å²) in [4.78, 5) is 12.4. The van der Waals surface area contributed by atoms with Gasteiger partial charge >= 0.3 is 0 Å². The van der Waals surface area contributed by atoms with Crippen molar-refractivity contribution in [2.75, 3.05) is 10.5 Å². The summed E-state index contributed by atoms with van der Waals surface area (Å²) in [6.45, 7) is 3.31. The highest BCUT2D eigenvalue weighted by Crippen LogP contribution is 2.35. The second-order valence-electron chi connectivity index (χ2n) is 6.61. The number of hydrogen-bond donors (Lipinski definition) is 1. The van der Waals surface area contributed by atoms with Crippen molar-refractivity contribution in [1.82, 2.24) is 5.01 Å². The van der Waals surface area contributed by atoms with Gasteiger partial charge in [0.1, 0.15) is 5.82 Å². The van der Waals surface area contributed by atoms with E-state index in [9.17, 15) is 17.6 Å². The molecule has 1 heterocycles. The minimum atomic E-state index is -3.36. The van der Waals surface area contributed by atoms with Gasteiger partial charge in [0.25, 0.3) is 0 Å². The first kappa shape index (κ1) is 21.3. The molecular formula is C20H21ClFN3O3S. The average molecular weight is 438 g/mol. The van der Waals surface area contributed by atoms with Crippen LogP contribution in [0.2, 0.25) is 5.02 Å². The predicted molar refractivity (Wildman–Crippen MR) is 112 cm³/mol. The van der Waals surface area contributed by atoms with E-state index in [0.29, 0.717) is 23.4 Å². The van der Waals surface area contributed by atoms with Gasteiger partial charge in [0.05, 0.1) is 22.5 Å². The van der Waals surface area contributed by atoms with Crippen molar-refractivity contribution < 1.29 is 17.6 Å². The molecule has 1 atom stereocenters. The van der Waals surface area contributed by atoms with Gasteiger partial charge in [0.2, 0.25) is 15.9 Å². The zero-order chi connectivity index (χ0) is 21.2. The first-order chi connectivity index (χ1) is 13.7. The Morgan fingerprint density at radius 3 is 2.52 bits per heavy atom. The van der Waals surface area contributed by atoms with Gasteiger partial charge in [0, 0.05) is 18.5 Å². The van der Waals surface area contributed by atoms with Crippen LogP contribution in [0.1, 0.15) is 43.9 Å². The largest absolute Gasteiger partial charge is 0.284 e. The molecule has 1 unspecified atom stereocenters. The van der Waals surface area contributed by atoms with Crippen LogP contribution in [-0.2, 0) is 14.8 Å². The lowest BCUT2D eigenvalue weighted by molar-refractivity contribution is -0.132. The topological polar surface area (TPSA) is 78.8 Å². The summed E-state index contributed by atoms with van der Waals surface area (Å²) in [5, 5.41) is 5.89. The van der Waals surface area contributed by atoms with Crippen molar-refractivity contribution in [2.45, 2.75) is 32.7 Å². The van der Waals surface area contributed by atoms with Crippen molar-refractivity contribution in [2.24, 2.45) is 5.10 Å². The molecule has 1 aliphatic rings. The lowest BCUT2D eigenvalue weighted by Gasteiger charge is -2.21. The molecule has 0 bridgehead atoms. The standard InChI is InChI=1S/C20H21ClFN3O3S/c1-3-20(26)25-19(14-7-10-17(22)16(21)11-14)12-18(23-25)13-5-8-15(9-6-13)24-29(27,28)4-2/h5-11,19,24H,3-4,12H2,1-2H3. The molecule has 0 saturated carbocycles. The normalized spacial score (nSPS) is 16.6. The summed E-state index contributed by atoms with van der Waals surface area (Å²) >= 11 is 5.92. The first-order valence-electron chi connectivity index (χ1n) is 9.19. The van der Waals surface area contributed by atoms with Crippen LogP contribution in [0.15, 0.2) is 47.6 Å². The van der Waals surface area contributed by atoms with Crippen LogP contribution in [0, 0.1) is 5.82 Å². The number of benzene rings is 2.